The number of benzene rings is 3. The van der Waals surface area contributed by atoms with Gasteiger partial charge < -0.3 is 4.90 Å². The SMILES string of the molecule is N#CC(C#N)=C(C#N)C(=C(C#N)C#N)c1ccc(N(c2ccccc2)c2ccccc2)cc1. The van der Waals surface area contributed by atoms with Gasteiger partial charge in [0.25, 0.3) is 0 Å². The van der Waals surface area contributed by atoms with Crippen LogP contribution >= 0.6 is 0 Å². The molecule has 0 saturated heterocycles. The van der Waals surface area contributed by atoms with Gasteiger partial charge in [-0.05, 0) is 42.0 Å². The standard InChI is InChI=1S/C27H14N6/c28-15-21(16-29)26(19-32)27(22(17-30)18-31)20-11-13-25(14-12-20)33(23-7-3-1-4-8-23)24-9-5-2-6-10-24/h1-14H. The van der Waals surface area contributed by atoms with Crippen molar-refractivity contribution in [3.63, 3.8) is 0 Å². The van der Waals surface area contributed by atoms with Gasteiger partial charge >= 0.3 is 0 Å². The molecule has 33 heavy (non-hydrogen) atoms. The van der Waals surface area contributed by atoms with Gasteiger partial charge in [-0.1, -0.05) is 48.5 Å². The van der Waals surface area contributed by atoms with Crippen LogP contribution < -0.4 is 4.90 Å². The Balaban J connectivity index is 2.20. The number of allylic oxidation sites excluding steroid dienone is 4. The molecule has 3 aromatic rings. The van der Waals surface area contributed by atoms with Gasteiger partial charge in [-0.3, -0.25) is 0 Å². The maximum absolute atomic E-state index is 9.60. The maximum atomic E-state index is 9.60. The fourth-order valence-corrected chi connectivity index (χ4v) is 3.30. The van der Waals surface area contributed by atoms with Gasteiger partial charge in [-0.2, -0.15) is 26.3 Å². The van der Waals surface area contributed by atoms with E-state index in [0.29, 0.717) is 5.56 Å². The molecule has 6 nitrogen and oxygen atoms in total. The lowest BCUT2D eigenvalue weighted by atomic mass is 9.91. The van der Waals surface area contributed by atoms with Crippen LogP contribution in [0.25, 0.3) is 5.57 Å². The predicted octanol–water partition coefficient (Wildman–Crippen LogP) is 5.82. The molecule has 6 heteroatoms. The second-order valence-electron chi connectivity index (χ2n) is 6.61. The lowest BCUT2D eigenvalue weighted by Crippen LogP contribution is -2.09. The van der Waals surface area contributed by atoms with E-state index < -0.39 is 5.57 Å². The topological polar surface area (TPSA) is 122 Å². The first-order valence-corrected chi connectivity index (χ1v) is 9.68. The lowest BCUT2D eigenvalue weighted by Gasteiger charge is -2.25. The van der Waals surface area contributed by atoms with Crippen LogP contribution in [0.1, 0.15) is 5.56 Å². The Morgan fingerprint density at radius 2 is 0.909 bits per heavy atom. The van der Waals surface area contributed by atoms with Gasteiger partial charge in [0.05, 0.1) is 5.57 Å². The van der Waals surface area contributed by atoms with Gasteiger partial charge in [0.15, 0.2) is 0 Å². The average molecular weight is 422 g/mol. The number of hydrogen-bond acceptors (Lipinski definition) is 6. The van der Waals surface area contributed by atoms with Crippen LogP contribution in [0.15, 0.2) is 102 Å². The largest absolute Gasteiger partial charge is 0.311 e. The number of nitriles is 5. The van der Waals surface area contributed by atoms with Crippen molar-refractivity contribution >= 4 is 22.6 Å². The van der Waals surface area contributed by atoms with E-state index in [1.165, 1.54) is 0 Å². The molecule has 3 aromatic carbocycles. The van der Waals surface area contributed by atoms with Gasteiger partial charge in [-0.15, -0.1) is 0 Å². The van der Waals surface area contributed by atoms with Crippen LogP contribution in [-0.2, 0) is 0 Å². The molecule has 0 saturated carbocycles. The highest BCUT2D eigenvalue weighted by molar-refractivity contribution is 5.92. The third kappa shape index (κ3) is 4.60. The highest BCUT2D eigenvalue weighted by atomic mass is 15.1. The van der Waals surface area contributed by atoms with E-state index in [4.69, 9.17) is 0 Å². The van der Waals surface area contributed by atoms with Gasteiger partial charge in [0.2, 0.25) is 0 Å². The van der Waals surface area contributed by atoms with E-state index in [1.54, 1.807) is 54.6 Å². The van der Waals surface area contributed by atoms with Gasteiger partial charge in [0.1, 0.15) is 41.5 Å². The second kappa shape index (κ2) is 10.4. The van der Waals surface area contributed by atoms with E-state index in [-0.39, 0.29) is 16.7 Å². The molecule has 3 rings (SSSR count). The molecular weight excluding hydrogens is 408 g/mol. The molecule has 0 bridgehead atoms. The molecule has 0 aliphatic rings. The van der Waals surface area contributed by atoms with Crippen LogP contribution in [0.5, 0.6) is 0 Å². The molecule has 0 radical (unpaired) electrons. The zero-order valence-corrected chi connectivity index (χ0v) is 17.3. The van der Waals surface area contributed by atoms with Crippen molar-refractivity contribution in [2.24, 2.45) is 0 Å². The molecule has 0 atom stereocenters. The molecule has 0 fully saturated rings. The summed E-state index contributed by atoms with van der Waals surface area (Å²) in [6.07, 6.45) is 0. The number of anilines is 3. The Morgan fingerprint density at radius 3 is 1.30 bits per heavy atom. The summed E-state index contributed by atoms with van der Waals surface area (Å²) in [5.41, 5.74) is 1.85. The highest BCUT2D eigenvalue weighted by Gasteiger charge is 2.20. The average Bonchev–Trinajstić information content (AvgIpc) is 2.88. The Labute approximate surface area is 191 Å². The summed E-state index contributed by atoms with van der Waals surface area (Å²) in [6.45, 7) is 0. The number of para-hydroxylation sites is 2. The molecule has 0 heterocycles. The third-order valence-corrected chi connectivity index (χ3v) is 4.75. The number of hydrogen-bond donors (Lipinski definition) is 0. The zero-order chi connectivity index (χ0) is 23.6. The van der Waals surface area contributed by atoms with Crippen molar-refractivity contribution in [2.75, 3.05) is 4.90 Å². The van der Waals surface area contributed by atoms with E-state index in [9.17, 15) is 26.3 Å². The van der Waals surface area contributed by atoms with Crippen LogP contribution in [0.4, 0.5) is 17.1 Å². The molecule has 0 N–H and O–H groups in total. The van der Waals surface area contributed by atoms with Crippen molar-refractivity contribution in [1.82, 2.24) is 0 Å². The Kier molecular flexibility index (Phi) is 6.98. The summed E-state index contributed by atoms with van der Waals surface area (Å²) in [5.74, 6) is 0. The molecule has 0 aliphatic carbocycles. The fourth-order valence-electron chi connectivity index (χ4n) is 3.30. The highest BCUT2D eigenvalue weighted by Crippen LogP contribution is 2.36. The van der Waals surface area contributed by atoms with Crippen molar-refractivity contribution in [3.8, 4) is 30.3 Å². The molecule has 152 valence electrons. The Bertz CT molecular complexity index is 1360. The maximum Gasteiger partial charge on any atom is 0.148 e. The Morgan fingerprint density at radius 1 is 0.485 bits per heavy atom. The monoisotopic (exact) mass is 422 g/mol. The number of nitrogens with zero attached hydrogens (tertiary/aromatic N) is 6. The minimum absolute atomic E-state index is 0.0434. The summed E-state index contributed by atoms with van der Waals surface area (Å²) in [4.78, 5) is 2.03. The van der Waals surface area contributed by atoms with Crippen molar-refractivity contribution in [3.05, 3.63) is 107 Å². The van der Waals surface area contributed by atoms with E-state index >= 15 is 0 Å². The normalized spacial score (nSPS) is 9.06. The second-order valence-corrected chi connectivity index (χ2v) is 6.61. The van der Waals surface area contributed by atoms with Crippen LogP contribution in [0, 0.1) is 56.7 Å². The molecule has 0 unspecified atom stereocenters. The Hall–Kier alpha value is -5.61. The van der Waals surface area contributed by atoms with Crippen LogP contribution in [0.3, 0.4) is 0 Å². The van der Waals surface area contributed by atoms with Crippen molar-refractivity contribution in [1.29, 1.82) is 26.3 Å². The first-order chi connectivity index (χ1) is 16.2. The summed E-state index contributed by atoms with van der Waals surface area (Å²) >= 11 is 0. The minimum Gasteiger partial charge on any atom is -0.311 e. The summed E-state index contributed by atoms with van der Waals surface area (Å²) < 4.78 is 0. The smallest absolute Gasteiger partial charge is 0.148 e. The quantitative estimate of drug-likeness (QED) is 0.377. The minimum atomic E-state index is -0.463. The van der Waals surface area contributed by atoms with Gasteiger partial charge in [-0.25, -0.2) is 0 Å². The molecular formula is C27H14N6. The van der Waals surface area contributed by atoms with E-state index in [1.807, 2.05) is 65.6 Å². The van der Waals surface area contributed by atoms with Crippen molar-refractivity contribution in [2.45, 2.75) is 0 Å². The van der Waals surface area contributed by atoms with Crippen LogP contribution in [-0.4, -0.2) is 0 Å². The van der Waals surface area contributed by atoms with Gasteiger partial charge in [0, 0.05) is 22.6 Å². The first kappa shape index (κ1) is 22.1. The molecule has 0 spiro atoms. The summed E-state index contributed by atoms with van der Waals surface area (Å²) in [7, 11) is 0. The lowest BCUT2D eigenvalue weighted by molar-refractivity contribution is 1.28. The molecule has 0 amide bonds. The molecule has 0 aliphatic heterocycles. The summed E-state index contributed by atoms with van der Waals surface area (Å²) in [5, 5.41) is 47.0. The van der Waals surface area contributed by atoms with E-state index in [0.717, 1.165) is 17.1 Å². The number of rotatable bonds is 5. The zero-order valence-electron chi connectivity index (χ0n) is 17.3. The summed E-state index contributed by atoms with van der Waals surface area (Å²) in [6, 6.07) is 35.0. The predicted molar refractivity (Wildman–Crippen MR) is 123 cm³/mol. The van der Waals surface area contributed by atoms with Crippen molar-refractivity contribution < 1.29 is 0 Å². The molecule has 0 aromatic heterocycles. The third-order valence-electron chi connectivity index (χ3n) is 4.75. The first-order valence-electron chi connectivity index (χ1n) is 9.68. The van der Waals surface area contributed by atoms with Crippen LogP contribution in [0.2, 0.25) is 0 Å². The fraction of sp³-hybridized carbons (Fsp3) is 0. The van der Waals surface area contributed by atoms with E-state index in [2.05, 4.69) is 0 Å².